The van der Waals surface area contributed by atoms with E-state index >= 15 is 0 Å². The Morgan fingerprint density at radius 2 is 1.94 bits per heavy atom. The van der Waals surface area contributed by atoms with E-state index in [4.69, 9.17) is 0 Å². The number of alkyl halides is 3. The summed E-state index contributed by atoms with van der Waals surface area (Å²) in [7, 11) is 2.02. The molecule has 0 atom stereocenters. The Morgan fingerprint density at radius 1 is 1.35 bits per heavy atom. The average molecular weight is 253 g/mol. The van der Waals surface area contributed by atoms with Gasteiger partial charge in [0.1, 0.15) is 6.54 Å². The number of halogens is 3. The number of likely N-dealkylation sites (tertiary alicyclic amines) is 1. The zero-order valence-electron chi connectivity index (χ0n) is 9.81. The summed E-state index contributed by atoms with van der Waals surface area (Å²) in [4.78, 5) is 13.3. The van der Waals surface area contributed by atoms with Gasteiger partial charge in [-0.25, -0.2) is 0 Å². The van der Waals surface area contributed by atoms with Crippen LogP contribution in [0.15, 0.2) is 0 Å². The van der Waals surface area contributed by atoms with Gasteiger partial charge in [0.15, 0.2) is 0 Å². The van der Waals surface area contributed by atoms with Crippen LogP contribution in [0, 0.1) is 0 Å². The molecule has 7 heteroatoms. The number of carbonyl (C=O) groups is 1. The number of hydrogen-bond acceptors (Lipinski definition) is 3. The molecule has 1 heterocycles. The number of piperidine rings is 1. The standard InChI is InChI=1S/C10H18F3N3O/c1-16-4-2-8(3-5-16)14-6-9(17)15-7-10(11,12)13/h8,14H,2-7H2,1H3,(H,15,17). The lowest BCUT2D eigenvalue weighted by molar-refractivity contribution is -0.138. The molecule has 0 unspecified atom stereocenters. The van der Waals surface area contributed by atoms with Crippen molar-refractivity contribution in [1.29, 1.82) is 0 Å². The van der Waals surface area contributed by atoms with Crippen molar-refractivity contribution in [3.8, 4) is 0 Å². The Hall–Kier alpha value is -0.820. The van der Waals surface area contributed by atoms with Gasteiger partial charge >= 0.3 is 6.18 Å². The second kappa shape index (κ2) is 6.20. The smallest absolute Gasteiger partial charge is 0.346 e. The highest BCUT2D eigenvalue weighted by atomic mass is 19.4. The highest BCUT2D eigenvalue weighted by Gasteiger charge is 2.27. The Bertz CT molecular complexity index is 250. The van der Waals surface area contributed by atoms with Crippen LogP contribution in [0.1, 0.15) is 12.8 Å². The molecule has 0 aromatic rings. The second-order valence-electron chi connectivity index (χ2n) is 4.35. The van der Waals surface area contributed by atoms with Crippen molar-refractivity contribution < 1.29 is 18.0 Å². The number of nitrogens with one attached hydrogen (secondary N) is 2. The predicted octanol–water partition coefficient (Wildman–Crippen LogP) is 0.349. The fraction of sp³-hybridized carbons (Fsp3) is 0.900. The molecule has 1 aliphatic rings. The Balaban J connectivity index is 2.11. The third-order valence-corrected chi connectivity index (χ3v) is 2.76. The average Bonchev–Trinajstić information content (AvgIpc) is 2.25. The van der Waals surface area contributed by atoms with E-state index < -0.39 is 18.6 Å². The maximum atomic E-state index is 11.8. The van der Waals surface area contributed by atoms with Crippen LogP contribution >= 0.6 is 0 Å². The van der Waals surface area contributed by atoms with Crippen molar-refractivity contribution in [1.82, 2.24) is 15.5 Å². The van der Waals surface area contributed by atoms with E-state index in [1.165, 1.54) is 0 Å². The Labute approximate surface area is 98.5 Å². The first-order valence-electron chi connectivity index (χ1n) is 5.62. The normalized spacial score (nSPS) is 19.3. The first-order valence-corrected chi connectivity index (χ1v) is 5.62. The van der Waals surface area contributed by atoms with E-state index in [-0.39, 0.29) is 12.6 Å². The highest BCUT2D eigenvalue weighted by Crippen LogP contribution is 2.12. The maximum absolute atomic E-state index is 11.8. The van der Waals surface area contributed by atoms with Crippen LogP contribution in [0.4, 0.5) is 13.2 Å². The lowest BCUT2D eigenvalue weighted by Gasteiger charge is -2.29. The monoisotopic (exact) mass is 253 g/mol. The van der Waals surface area contributed by atoms with Crippen LogP contribution in [0.3, 0.4) is 0 Å². The molecule has 17 heavy (non-hydrogen) atoms. The maximum Gasteiger partial charge on any atom is 0.405 e. The van der Waals surface area contributed by atoms with Crippen LogP contribution in [0.25, 0.3) is 0 Å². The van der Waals surface area contributed by atoms with Gasteiger partial charge in [0.2, 0.25) is 5.91 Å². The van der Waals surface area contributed by atoms with Crippen molar-refractivity contribution >= 4 is 5.91 Å². The van der Waals surface area contributed by atoms with Gasteiger partial charge in [0.25, 0.3) is 0 Å². The summed E-state index contributed by atoms with van der Waals surface area (Å²) >= 11 is 0. The molecule has 0 aromatic heterocycles. The zero-order chi connectivity index (χ0) is 12.9. The molecule has 100 valence electrons. The van der Waals surface area contributed by atoms with Crippen molar-refractivity contribution in [3.63, 3.8) is 0 Å². The molecule has 0 spiro atoms. The molecule has 0 bridgehead atoms. The Kier molecular flexibility index (Phi) is 5.20. The van der Waals surface area contributed by atoms with Crippen LogP contribution in [0.5, 0.6) is 0 Å². The minimum absolute atomic E-state index is 0.0511. The molecule has 4 nitrogen and oxygen atoms in total. The number of amides is 1. The van der Waals surface area contributed by atoms with Gasteiger partial charge in [-0.2, -0.15) is 13.2 Å². The topological polar surface area (TPSA) is 44.4 Å². The van der Waals surface area contributed by atoms with Crippen molar-refractivity contribution in [2.24, 2.45) is 0 Å². The molecule has 2 N–H and O–H groups in total. The quantitative estimate of drug-likeness (QED) is 0.760. The molecule has 0 saturated carbocycles. The van der Waals surface area contributed by atoms with Gasteiger partial charge in [0.05, 0.1) is 6.54 Å². The molecule has 1 saturated heterocycles. The van der Waals surface area contributed by atoms with E-state index in [1.807, 2.05) is 12.4 Å². The summed E-state index contributed by atoms with van der Waals surface area (Å²) in [6, 6.07) is 0.225. The molecule has 1 rings (SSSR count). The summed E-state index contributed by atoms with van der Waals surface area (Å²) in [5.41, 5.74) is 0. The molecule has 1 aliphatic heterocycles. The van der Waals surface area contributed by atoms with Crippen molar-refractivity contribution in [2.45, 2.75) is 25.1 Å². The highest BCUT2D eigenvalue weighted by molar-refractivity contribution is 5.78. The summed E-state index contributed by atoms with van der Waals surface area (Å²) < 4.78 is 35.4. The van der Waals surface area contributed by atoms with Gasteiger partial charge in [-0.15, -0.1) is 0 Å². The van der Waals surface area contributed by atoms with Crippen LogP contribution in [-0.2, 0) is 4.79 Å². The number of hydrogen-bond donors (Lipinski definition) is 2. The molecule has 0 radical (unpaired) electrons. The molecular weight excluding hydrogens is 235 g/mol. The minimum atomic E-state index is -4.34. The summed E-state index contributed by atoms with van der Waals surface area (Å²) in [6.07, 6.45) is -2.50. The van der Waals surface area contributed by atoms with Crippen LogP contribution < -0.4 is 10.6 Å². The van der Waals surface area contributed by atoms with Gasteiger partial charge in [-0.3, -0.25) is 4.79 Å². The zero-order valence-corrected chi connectivity index (χ0v) is 9.81. The largest absolute Gasteiger partial charge is 0.405 e. The van der Waals surface area contributed by atoms with E-state index in [9.17, 15) is 18.0 Å². The molecule has 1 fully saturated rings. The number of nitrogens with zero attached hydrogens (tertiary/aromatic N) is 1. The first-order chi connectivity index (χ1) is 7.87. The minimum Gasteiger partial charge on any atom is -0.346 e. The van der Waals surface area contributed by atoms with Crippen molar-refractivity contribution in [3.05, 3.63) is 0 Å². The van der Waals surface area contributed by atoms with Crippen LogP contribution in [0.2, 0.25) is 0 Å². The lowest BCUT2D eigenvalue weighted by Crippen LogP contribution is -2.46. The van der Waals surface area contributed by atoms with Gasteiger partial charge in [-0.05, 0) is 33.0 Å². The predicted molar refractivity (Wildman–Crippen MR) is 57.6 cm³/mol. The SMILES string of the molecule is CN1CCC(NCC(=O)NCC(F)(F)F)CC1. The third-order valence-electron chi connectivity index (χ3n) is 2.76. The molecular formula is C10H18F3N3O. The van der Waals surface area contributed by atoms with Gasteiger partial charge in [-0.1, -0.05) is 0 Å². The number of rotatable bonds is 4. The summed E-state index contributed by atoms with van der Waals surface area (Å²) in [6.45, 7) is 0.578. The fourth-order valence-electron chi connectivity index (χ4n) is 1.71. The third kappa shape index (κ3) is 6.48. The lowest BCUT2D eigenvalue weighted by atomic mass is 10.1. The van der Waals surface area contributed by atoms with Gasteiger partial charge in [0, 0.05) is 6.04 Å². The van der Waals surface area contributed by atoms with E-state index in [0.717, 1.165) is 25.9 Å². The van der Waals surface area contributed by atoms with Crippen molar-refractivity contribution in [2.75, 3.05) is 33.2 Å². The molecule has 0 aliphatic carbocycles. The van der Waals surface area contributed by atoms with E-state index in [2.05, 4.69) is 10.2 Å². The summed E-state index contributed by atoms with van der Waals surface area (Å²) in [5, 5.41) is 4.81. The molecule has 0 aromatic carbocycles. The summed E-state index contributed by atoms with van der Waals surface area (Å²) in [5.74, 6) is -0.610. The first kappa shape index (κ1) is 14.2. The second-order valence-corrected chi connectivity index (χ2v) is 4.35. The Morgan fingerprint density at radius 3 is 2.47 bits per heavy atom. The van der Waals surface area contributed by atoms with Gasteiger partial charge < -0.3 is 15.5 Å². The number of carbonyl (C=O) groups excluding carboxylic acids is 1. The van der Waals surface area contributed by atoms with E-state index in [0.29, 0.717) is 0 Å². The van der Waals surface area contributed by atoms with E-state index in [1.54, 1.807) is 0 Å². The van der Waals surface area contributed by atoms with Crippen LogP contribution in [-0.4, -0.2) is 56.3 Å². The molecule has 1 amide bonds. The fourth-order valence-corrected chi connectivity index (χ4v) is 1.71.